The highest BCUT2D eigenvalue weighted by Gasteiger charge is 2.51. The average Bonchev–Trinajstić information content (AvgIpc) is 4.46. The molecule has 6 nitrogen and oxygen atoms in total. The molecular formula is C70H39N3O3. The summed E-state index contributed by atoms with van der Waals surface area (Å²) in [4.78, 5) is 16.1. The minimum atomic E-state index is -0.396. The van der Waals surface area contributed by atoms with E-state index in [1.807, 2.05) is 72.8 Å². The molecule has 352 valence electrons. The minimum absolute atomic E-state index is 0.396. The summed E-state index contributed by atoms with van der Waals surface area (Å²) in [5.41, 5.74) is 21.9. The van der Waals surface area contributed by atoms with Gasteiger partial charge in [-0.1, -0.05) is 188 Å². The van der Waals surface area contributed by atoms with Gasteiger partial charge in [0.15, 0.2) is 17.5 Å². The highest BCUT2D eigenvalue weighted by Crippen LogP contribution is 2.63. The van der Waals surface area contributed by atoms with Gasteiger partial charge in [-0.15, -0.1) is 0 Å². The molecule has 0 amide bonds. The molecule has 6 heteroatoms. The van der Waals surface area contributed by atoms with Crippen LogP contribution in [-0.4, -0.2) is 15.0 Å². The summed E-state index contributed by atoms with van der Waals surface area (Å²) in [7, 11) is 0. The maximum Gasteiger partial charge on any atom is 0.164 e. The predicted molar refractivity (Wildman–Crippen MR) is 305 cm³/mol. The van der Waals surface area contributed by atoms with Crippen molar-refractivity contribution in [2.75, 3.05) is 0 Å². The van der Waals surface area contributed by atoms with Crippen LogP contribution < -0.4 is 0 Å². The number of rotatable bonds is 5. The number of fused-ring (bicyclic) bond motifs is 19. The van der Waals surface area contributed by atoms with Gasteiger partial charge in [0, 0.05) is 49.0 Å². The van der Waals surface area contributed by atoms with Crippen LogP contribution >= 0.6 is 0 Å². The smallest absolute Gasteiger partial charge is 0.164 e. The Bertz CT molecular complexity index is 4760. The second-order valence-corrected chi connectivity index (χ2v) is 20.1. The van der Waals surface area contributed by atoms with E-state index in [1.54, 1.807) is 0 Å². The Morgan fingerprint density at radius 2 is 0.579 bits per heavy atom. The average molecular weight is 970 g/mol. The fourth-order valence-corrected chi connectivity index (χ4v) is 13.0. The number of para-hydroxylation sites is 2. The summed E-state index contributed by atoms with van der Waals surface area (Å²) >= 11 is 0. The van der Waals surface area contributed by atoms with Crippen molar-refractivity contribution >= 4 is 65.8 Å². The van der Waals surface area contributed by atoms with E-state index in [0.717, 1.165) is 99.2 Å². The van der Waals surface area contributed by atoms with Crippen molar-refractivity contribution < 1.29 is 13.3 Å². The predicted octanol–water partition coefficient (Wildman–Crippen LogP) is 18.2. The third-order valence-corrected chi connectivity index (χ3v) is 16.2. The lowest BCUT2D eigenvalue weighted by atomic mass is 9.70. The first-order valence-corrected chi connectivity index (χ1v) is 25.7. The molecule has 17 rings (SSSR count). The summed E-state index contributed by atoms with van der Waals surface area (Å²) in [5, 5.41) is 5.80. The lowest BCUT2D eigenvalue weighted by molar-refractivity contribution is 0.668. The van der Waals surface area contributed by atoms with Crippen molar-refractivity contribution in [3.63, 3.8) is 0 Å². The molecule has 15 aromatic rings. The number of hydrogen-bond acceptors (Lipinski definition) is 6. The van der Waals surface area contributed by atoms with Gasteiger partial charge in [0.25, 0.3) is 0 Å². The van der Waals surface area contributed by atoms with Crippen LogP contribution in [0.2, 0.25) is 0 Å². The van der Waals surface area contributed by atoms with Gasteiger partial charge in [0.05, 0.1) is 5.41 Å². The van der Waals surface area contributed by atoms with Gasteiger partial charge in [-0.25, -0.2) is 15.0 Å². The molecule has 11 aromatic carbocycles. The lowest BCUT2D eigenvalue weighted by Crippen LogP contribution is -2.25. The number of aromatic nitrogens is 3. The van der Waals surface area contributed by atoms with Gasteiger partial charge in [-0.05, 0) is 115 Å². The Balaban J connectivity index is 0.805. The van der Waals surface area contributed by atoms with Gasteiger partial charge < -0.3 is 13.3 Å². The van der Waals surface area contributed by atoms with Crippen molar-refractivity contribution in [3.05, 3.63) is 259 Å². The highest BCUT2D eigenvalue weighted by molar-refractivity contribution is 6.15. The molecule has 2 aliphatic carbocycles. The van der Waals surface area contributed by atoms with Crippen LogP contribution in [-0.2, 0) is 5.41 Å². The Kier molecular flexibility index (Phi) is 8.39. The van der Waals surface area contributed by atoms with Gasteiger partial charge in [0.1, 0.15) is 33.5 Å². The van der Waals surface area contributed by atoms with E-state index < -0.39 is 5.41 Å². The Hall–Kier alpha value is -10.2. The molecule has 0 N–H and O–H groups in total. The van der Waals surface area contributed by atoms with E-state index >= 15 is 0 Å². The van der Waals surface area contributed by atoms with Crippen LogP contribution in [0.3, 0.4) is 0 Å². The topological polar surface area (TPSA) is 78.1 Å². The fraction of sp³-hybridized carbons (Fsp3) is 0.0143. The Morgan fingerprint density at radius 1 is 0.237 bits per heavy atom. The first kappa shape index (κ1) is 41.3. The Morgan fingerprint density at radius 3 is 1.07 bits per heavy atom. The number of furan rings is 3. The van der Waals surface area contributed by atoms with E-state index in [9.17, 15) is 0 Å². The lowest BCUT2D eigenvalue weighted by Gasteiger charge is -2.30. The van der Waals surface area contributed by atoms with E-state index in [1.165, 1.54) is 50.1 Å². The standard InChI is InChI=1S/C70H39N3O3/c1-6-22-54-44(14-1)45-15-2-7-23-55(45)70(54)56-24-8-3-16-46(56)47-36-34-43(39-57(47)70)41-32-30-40(31-33-41)42-35-37-60-53(38-42)66-52(21-13-29-63(66)76-60)69-72-67(50-19-11-27-61-64(50)48-17-4-9-25-58(48)74-61)71-68(73-69)51-20-12-28-62-65(51)49-18-5-10-26-59(49)75-62/h1-39H. The fourth-order valence-electron chi connectivity index (χ4n) is 13.0. The SMILES string of the molecule is c1ccc2c(c1)-c1ccccc1C21c2ccccc2-c2ccc(-c3ccc(-c4ccc5oc6cccc(-c7nc(-c8cccc9oc%10ccccc%10c89)nc(-c8cccc9oc%10ccccc%10c89)n7)c6c5c4)cc3)cc21. The highest BCUT2D eigenvalue weighted by atomic mass is 16.3. The summed E-state index contributed by atoms with van der Waals surface area (Å²) < 4.78 is 19.4. The van der Waals surface area contributed by atoms with Gasteiger partial charge in [-0.2, -0.15) is 0 Å². The van der Waals surface area contributed by atoms with Gasteiger partial charge >= 0.3 is 0 Å². The van der Waals surface area contributed by atoms with Crippen LogP contribution in [0.4, 0.5) is 0 Å². The zero-order valence-corrected chi connectivity index (χ0v) is 40.6. The molecule has 76 heavy (non-hydrogen) atoms. The molecule has 0 atom stereocenters. The van der Waals surface area contributed by atoms with Crippen LogP contribution in [0.1, 0.15) is 22.3 Å². The van der Waals surface area contributed by atoms with Gasteiger partial charge in [0.2, 0.25) is 0 Å². The maximum atomic E-state index is 6.65. The first-order valence-electron chi connectivity index (χ1n) is 25.7. The van der Waals surface area contributed by atoms with Crippen LogP contribution in [0.5, 0.6) is 0 Å². The molecule has 2 aliphatic rings. The monoisotopic (exact) mass is 969 g/mol. The van der Waals surface area contributed by atoms with Crippen LogP contribution in [0, 0.1) is 0 Å². The van der Waals surface area contributed by atoms with Crippen molar-refractivity contribution in [2.24, 2.45) is 0 Å². The maximum absolute atomic E-state index is 6.65. The zero-order valence-electron chi connectivity index (χ0n) is 40.6. The Labute approximate surface area is 434 Å². The number of nitrogens with zero attached hydrogens (tertiary/aromatic N) is 3. The van der Waals surface area contributed by atoms with E-state index in [4.69, 9.17) is 28.2 Å². The number of benzene rings is 11. The second-order valence-electron chi connectivity index (χ2n) is 20.1. The zero-order chi connectivity index (χ0) is 49.6. The van der Waals surface area contributed by atoms with Crippen LogP contribution in [0.25, 0.3) is 144 Å². The summed E-state index contributed by atoms with van der Waals surface area (Å²) in [6.07, 6.45) is 0. The van der Waals surface area contributed by atoms with Crippen molar-refractivity contribution in [1.29, 1.82) is 0 Å². The first-order chi connectivity index (χ1) is 37.7. The summed E-state index contributed by atoms with van der Waals surface area (Å²) in [6.45, 7) is 0. The summed E-state index contributed by atoms with van der Waals surface area (Å²) in [5.74, 6) is 1.60. The molecule has 1 spiro atoms. The summed E-state index contributed by atoms with van der Waals surface area (Å²) in [6, 6.07) is 84.0. The molecule has 0 fully saturated rings. The largest absolute Gasteiger partial charge is 0.456 e. The van der Waals surface area contributed by atoms with Crippen molar-refractivity contribution in [3.8, 4) is 78.7 Å². The van der Waals surface area contributed by atoms with Crippen molar-refractivity contribution in [2.45, 2.75) is 5.41 Å². The molecule has 0 bridgehead atoms. The van der Waals surface area contributed by atoms with Crippen molar-refractivity contribution in [1.82, 2.24) is 15.0 Å². The third-order valence-electron chi connectivity index (χ3n) is 16.2. The molecule has 0 unspecified atom stereocenters. The normalized spacial score (nSPS) is 13.1. The molecule has 0 saturated heterocycles. The quantitative estimate of drug-likeness (QED) is 0.171. The number of hydrogen-bond donors (Lipinski definition) is 0. The molecule has 0 aliphatic heterocycles. The molecule has 4 aromatic heterocycles. The van der Waals surface area contributed by atoms with E-state index in [-0.39, 0.29) is 0 Å². The third kappa shape index (κ3) is 5.67. The molecule has 0 saturated carbocycles. The van der Waals surface area contributed by atoms with Crippen LogP contribution in [0.15, 0.2) is 250 Å². The minimum Gasteiger partial charge on any atom is -0.456 e. The molecule has 4 heterocycles. The molecule has 0 radical (unpaired) electrons. The second kappa shape index (κ2) is 15.4. The van der Waals surface area contributed by atoms with E-state index in [0.29, 0.717) is 17.5 Å². The van der Waals surface area contributed by atoms with Gasteiger partial charge in [-0.3, -0.25) is 0 Å². The van der Waals surface area contributed by atoms with E-state index in [2.05, 4.69) is 164 Å². The molecular weight excluding hydrogens is 931 g/mol.